The molecule has 0 aliphatic rings. The Morgan fingerprint density at radius 2 is 2.11 bits per heavy atom. The second-order valence-corrected chi connectivity index (χ2v) is 6.65. The van der Waals surface area contributed by atoms with E-state index in [2.05, 4.69) is 5.32 Å². The van der Waals surface area contributed by atoms with E-state index in [1.165, 1.54) is 25.3 Å². The van der Waals surface area contributed by atoms with E-state index in [0.29, 0.717) is 5.75 Å². The Morgan fingerprint density at radius 3 is 2.58 bits per heavy atom. The molecule has 1 rings (SSSR count). The van der Waals surface area contributed by atoms with Crippen molar-refractivity contribution >= 4 is 25.6 Å². The van der Waals surface area contributed by atoms with Crippen molar-refractivity contribution < 1.29 is 17.9 Å². The number of methoxy groups -OCH3 is 1. The molecule has 7 heteroatoms. The van der Waals surface area contributed by atoms with Crippen molar-refractivity contribution in [1.82, 2.24) is 5.32 Å². The molecule has 0 aliphatic heterocycles. The SMILES string of the molecule is CC[C@H](C)NC(=O)c1cc(S(=O)(=O)Cl)ccc1OC. The molecule has 0 spiro atoms. The fraction of sp³-hybridized carbons (Fsp3) is 0.417. The predicted molar refractivity (Wildman–Crippen MR) is 73.3 cm³/mol. The Balaban J connectivity index is 3.20. The van der Waals surface area contributed by atoms with E-state index in [0.717, 1.165) is 6.42 Å². The highest BCUT2D eigenvalue weighted by Gasteiger charge is 2.18. The van der Waals surface area contributed by atoms with Gasteiger partial charge in [0.25, 0.3) is 15.0 Å². The Kier molecular flexibility index (Phi) is 5.20. The van der Waals surface area contributed by atoms with Gasteiger partial charge in [-0.25, -0.2) is 8.42 Å². The lowest BCUT2D eigenvalue weighted by atomic mass is 10.1. The Morgan fingerprint density at radius 1 is 1.47 bits per heavy atom. The van der Waals surface area contributed by atoms with Crippen molar-refractivity contribution in [2.24, 2.45) is 0 Å². The molecule has 0 fully saturated rings. The lowest BCUT2D eigenvalue weighted by molar-refractivity contribution is 0.0936. The topological polar surface area (TPSA) is 72.5 Å². The average Bonchev–Trinajstić information content (AvgIpc) is 2.36. The highest BCUT2D eigenvalue weighted by atomic mass is 35.7. The van der Waals surface area contributed by atoms with Crippen LogP contribution in [0.25, 0.3) is 0 Å². The Bertz CT molecular complexity index is 571. The van der Waals surface area contributed by atoms with Crippen LogP contribution in [0.4, 0.5) is 0 Å². The third kappa shape index (κ3) is 4.11. The smallest absolute Gasteiger partial charge is 0.261 e. The first-order valence-electron chi connectivity index (χ1n) is 5.73. The van der Waals surface area contributed by atoms with Crippen LogP contribution in [-0.4, -0.2) is 27.5 Å². The molecular formula is C12H16ClNO4S. The number of amides is 1. The average molecular weight is 306 g/mol. The number of ether oxygens (including phenoxy) is 1. The number of halogens is 1. The minimum atomic E-state index is -3.88. The molecule has 106 valence electrons. The lowest BCUT2D eigenvalue weighted by Gasteiger charge is -2.14. The maximum atomic E-state index is 12.0. The molecule has 0 unspecified atom stereocenters. The van der Waals surface area contributed by atoms with Crippen molar-refractivity contribution in [3.8, 4) is 5.75 Å². The van der Waals surface area contributed by atoms with E-state index >= 15 is 0 Å². The van der Waals surface area contributed by atoms with Crippen molar-refractivity contribution in [1.29, 1.82) is 0 Å². The molecule has 1 aromatic carbocycles. The van der Waals surface area contributed by atoms with Gasteiger partial charge in [0.05, 0.1) is 17.6 Å². The number of carbonyl (C=O) groups is 1. The zero-order valence-corrected chi connectivity index (χ0v) is 12.5. The minimum absolute atomic E-state index is 0.0199. The van der Waals surface area contributed by atoms with Gasteiger partial charge in [0.1, 0.15) is 5.75 Å². The summed E-state index contributed by atoms with van der Waals surface area (Å²) in [4.78, 5) is 11.9. The summed E-state index contributed by atoms with van der Waals surface area (Å²) in [6.45, 7) is 3.79. The van der Waals surface area contributed by atoms with Gasteiger partial charge in [-0.15, -0.1) is 0 Å². The van der Waals surface area contributed by atoms with Crippen LogP contribution in [-0.2, 0) is 9.05 Å². The standard InChI is InChI=1S/C12H16ClNO4S/c1-4-8(2)14-12(15)10-7-9(19(13,16)17)5-6-11(10)18-3/h5-8H,4H2,1-3H3,(H,14,15)/t8-/m0/s1. The largest absolute Gasteiger partial charge is 0.496 e. The third-order valence-corrected chi connectivity index (χ3v) is 4.04. The molecule has 1 atom stereocenters. The van der Waals surface area contributed by atoms with Gasteiger partial charge in [0, 0.05) is 16.7 Å². The van der Waals surface area contributed by atoms with E-state index in [1.807, 2.05) is 13.8 Å². The molecule has 0 radical (unpaired) electrons. The number of hydrogen-bond donors (Lipinski definition) is 1. The van der Waals surface area contributed by atoms with Gasteiger partial charge in [-0.2, -0.15) is 0 Å². The molecule has 0 aromatic heterocycles. The summed E-state index contributed by atoms with van der Waals surface area (Å²) in [5, 5.41) is 2.74. The van der Waals surface area contributed by atoms with Gasteiger partial charge in [-0.1, -0.05) is 6.92 Å². The quantitative estimate of drug-likeness (QED) is 0.846. The molecule has 0 saturated heterocycles. The van der Waals surface area contributed by atoms with Crippen LogP contribution >= 0.6 is 10.7 Å². The van der Waals surface area contributed by atoms with Crippen LogP contribution in [0, 0.1) is 0 Å². The lowest BCUT2D eigenvalue weighted by Crippen LogP contribution is -2.32. The first-order valence-corrected chi connectivity index (χ1v) is 8.04. The van der Waals surface area contributed by atoms with Crippen LogP contribution in [0.15, 0.2) is 23.1 Å². The van der Waals surface area contributed by atoms with Crippen molar-refractivity contribution in [3.63, 3.8) is 0 Å². The third-order valence-electron chi connectivity index (χ3n) is 2.69. The van der Waals surface area contributed by atoms with E-state index in [-0.39, 0.29) is 16.5 Å². The van der Waals surface area contributed by atoms with Gasteiger partial charge in [0.15, 0.2) is 0 Å². The number of rotatable bonds is 5. The zero-order chi connectivity index (χ0) is 14.6. The molecule has 0 heterocycles. The molecule has 0 saturated carbocycles. The molecular weight excluding hydrogens is 290 g/mol. The van der Waals surface area contributed by atoms with E-state index in [9.17, 15) is 13.2 Å². The number of carbonyl (C=O) groups excluding carboxylic acids is 1. The first kappa shape index (κ1) is 15.8. The van der Waals surface area contributed by atoms with E-state index in [4.69, 9.17) is 15.4 Å². The Hall–Kier alpha value is -1.27. The Labute approximate surface area is 117 Å². The van der Waals surface area contributed by atoms with Gasteiger partial charge < -0.3 is 10.1 Å². The van der Waals surface area contributed by atoms with Gasteiger partial charge in [-0.05, 0) is 31.5 Å². The highest BCUT2D eigenvalue weighted by molar-refractivity contribution is 8.13. The van der Waals surface area contributed by atoms with E-state index in [1.54, 1.807) is 0 Å². The van der Waals surface area contributed by atoms with Crippen molar-refractivity contribution in [3.05, 3.63) is 23.8 Å². The van der Waals surface area contributed by atoms with Crippen molar-refractivity contribution in [2.75, 3.05) is 7.11 Å². The molecule has 19 heavy (non-hydrogen) atoms. The second kappa shape index (κ2) is 6.25. The summed E-state index contributed by atoms with van der Waals surface area (Å²) in [6, 6.07) is 3.88. The summed E-state index contributed by atoms with van der Waals surface area (Å²) in [5.41, 5.74) is 0.143. The van der Waals surface area contributed by atoms with Crippen LogP contribution < -0.4 is 10.1 Å². The molecule has 1 aromatic rings. The number of hydrogen-bond acceptors (Lipinski definition) is 4. The van der Waals surface area contributed by atoms with E-state index < -0.39 is 15.0 Å². The predicted octanol–water partition coefficient (Wildman–Crippen LogP) is 2.15. The van der Waals surface area contributed by atoms with Crippen LogP contribution in [0.2, 0.25) is 0 Å². The number of nitrogens with one attached hydrogen (secondary N) is 1. The zero-order valence-electron chi connectivity index (χ0n) is 10.9. The molecule has 1 amide bonds. The maximum Gasteiger partial charge on any atom is 0.261 e. The molecule has 0 bridgehead atoms. The molecule has 0 aliphatic carbocycles. The summed E-state index contributed by atoms with van der Waals surface area (Å²) in [5.74, 6) is -0.0989. The summed E-state index contributed by atoms with van der Waals surface area (Å²) >= 11 is 0. The maximum absolute atomic E-state index is 12.0. The summed E-state index contributed by atoms with van der Waals surface area (Å²) < 4.78 is 27.6. The normalized spacial score (nSPS) is 12.8. The summed E-state index contributed by atoms with van der Waals surface area (Å²) in [6.07, 6.45) is 0.765. The first-order chi connectivity index (χ1) is 8.79. The van der Waals surface area contributed by atoms with Crippen LogP contribution in [0.5, 0.6) is 5.75 Å². The fourth-order valence-electron chi connectivity index (χ4n) is 1.42. The van der Waals surface area contributed by atoms with Gasteiger partial charge in [-0.3, -0.25) is 4.79 Å². The second-order valence-electron chi connectivity index (χ2n) is 4.08. The highest BCUT2D eigenvalue weighted by Crippen LogP contribution is 2.24. The fourth-order valence-corrected chi connectivity index (χ4v) is 2.20. The van der Waals surface area contributed by atoms with Gasteiger partial charge >= 0.3 is 0 Å². The molecule has 1 N–H and O–H groups in total. The number of benzene rings is 1. The summed E-state index contributed by atoms with van der Waals surface area (Å²) in [7, 11) is 2.79. The van der Waals surface area contributed by atoms with Crippen LogP contribution in [0.3, 0.4) is 0 Å². The molecule has 5 nitrogen and oxygen atoms in total. The van der Waals surface area contributed by atoms with Crippen molar-refractivity contribution in [2.45, 2.75) is 31.2 Å². The monoisotopic (exact) mass is 305 g/mol. The van der Waals surface area contributed by atoms with Crippen LogP contribution in [0.1, 0.15) is 30.6 Å². The minimum Gasteiger partial charge on any atom is -0.496 e. The van der Waals surface area contributed by atoms with Gasteiger partial charge in [0.2, 0.25) is 0 Å².